The highest BCUT2D eigenvalue weighted by Crippen LogP contribution is 2.23. The SMILES string of the molecule is CCCC=Cc1cc(N2CCCNCC2)cnc1Br. The molecule has 1 N–H and O–H groups in total. The predicted octanol–water partition coefficient (Wildman–Crippen LogP) is 3.46. The molecular weight excluding hydrogens is 302 g/mol. The van der Waals surface area contributed by atoms with E-state index in [9.17, 15) is 0 Å². The zero-order valence-corrected chi connectivity index (χ0v) is 13.1. The molecule has 1 fully saturated rings. The molecule has 0 aromatic carbocycles. The molecule has 2 heterocycles. The lowest BCUT2D eigenvalue weighted by Crippen LogP contribution is -2.27. The molecule has 0 spiro atoms. The molecule has 3 nitrogen and oxygen atoms in total. The first kappa shape index (κ1) is 14.5. The first-order valence-corrected chi connectivity index (χ1v) is 7.88. The Hall–Kier alpha value is -0.870. The summed E-state index contributed by atoms with van der Waals surface area (Å²) < 4.78 is 0.927. The van der Waals surface area contributed by atoms with Gasteiger partial charge in [0, 0.05) is 25.2 Å². The van der Waals surface area contributed by atoms with Crippen molar-refractivity contribution in [2.75, 3.05) is 31.1 Å². The molecule has 1 aliphatic heterocycles. The number of rotatable bonds is 4. The highest BCUT2D eigenvalue weighted by molar-refractivity contribution is 9.10. The maximum Gasteiger partial charge on any atom is 0.113 e. The van der Waals surface area contributed by atoms with Gasteiger partial charge in [0.25, 0.3) is 0 Å². The Balaban J connectivity index is 2.14. The minimum absolute atomic E-state index is 0.927. The van der Waals surface area contributed by atoms with Gasteiger partial charge in [0.05, 0.1) is 11.9 Å². The van der Waals surface area contributed by atoms with Gasteiger partial charge in [0.1, 0.15) is 4.60 Å². The number of unbranched alkanes of at least 4 members (excludes halogenated alkanes) is 1. The van der Waals surface area contributed by atoms with Crippen LogP contribution in [0.25, 0.3) is 6.08 Å². The fraction of sp³-hybridized carbons (Fsp3) is 0.533. The van der Waals surface area contributed by atoms with Gasteiger partial charge in [-0.25, -0.2) is 4.98 Å². The average Bonchev–Trinajstić information content (AvgIpc) is 2.70. The number of nitrogens with one attached hydrogen (secondary N) is 1. The third-order valence-corrected chi connectivity index (χ3v) is 3.97. The maximum absolute atomic E-state index is 4.47. The molecule has 0 saturated carbocycles. The molecule has 1 aromatic heterocycles. The average molecular weight is 324 g/mol. The maximum atomic E-state index is 4.47. The van der Waals surface area contributed by atoms with E-state index in [0.717, 1.165) is 37.2 Å². The number of halogens is 1. The van der Waals surface area contributed by atoms with Crippen molar-refractivity contribution >= 4 is 27.7 Å². The van der Waals surface area contributed by atoms with Crippen LogP contribution in [0.2, 0.25) is 0 Å². The van der Waals surface area contributed by atoms with E-state index in [1.807, 2.05) is 6.20 Å². The van der Waals surface area contributed by atoms with E-state index in [-0.39, 0.29) is 0 Å². The van der Waals surface area contributed by atoms with E-state index >= 15 is 0 Å². The van der Waals surface area contributed by atoms with Crippen molar-refractivity contribution in [3.63, 3.8) is 0 Å². The highest BCUT2D eigenvalue weighted by atomic mass is 79.9. The van der Waals surface area contributed by atoms with Crippen LogP contribution < -0.4 is 10.2 Å². The smallest absolute Gasteiger partial charge is 0.113 e. The number of allylic oxidation sites excluding steroid dienone is 1. The molecule has 0 atom stereocenters. The number of aromatic nitrogens is 1. The van der Waals surface area contributed by atoms with Crippen molar-refractivity contribution in [1.29, 1.82) is 0 Å². The van der Waals surface area contributed by atoms with Crippen LogP contribution in [0.4, 0.5) is 5.69 Å². The number of hydrogen-bond donors (Lipinski definition) is 1. The van der Waals surface area contributed by atoms with E-state index in [2.05, 4.69) is 56.3 Å². The molecule has 1 saturated heterocycles. The Morgan fingerprint density at radius 2 is 2.32 bits per heavy atom. The lowest BCUT2D eigenvalue weighted by atomic mass is 10.2. The van der Waals surface area contributed by atoms with Crippen LogP contribution in [-0.2, 0) is 0 Å². The molecule has 1 aromatic rings. The number of pyridine rings is 1. The second kappa shape index (κ2) is 7.65. The van der Waals surface area contributed by atoms with E-state index < -0.39 is 0 Å². The molecule has 0 unspecified atom stereocenters. The van der Waals surface area contributed by atoms with E-state index in [1.165, 1.54) is 24.1 Å². The van der Waals surface area contributed by atoms with Gasteiger partial charge < -0.3 is 10.2 Å². The second-order valence-corrected chi connectivity index (χ2v) is 5.61. The van der Waals surface area contributed by atoms with Crippen molar-refractivity contribution in [3.8, 4) is 0 Å². The lowest BCUT2D eigenvalue weighted by Gasteiger charge is -2.22. The Bertz CT molecular complexity index is 423. The van der Waals surface area contributed by atoms with E-state index in [1.54, 1.807) is 0 Å². The fourth-order valence-electron chi connectivity index (χ4n) is 2.22. The van der Waals surface area contributed by atoms with Crippen LogP contribution in [0.15, 0.2) is 22.9 Å². The normalized spacial score (nSPS) is 16.8. The first-order chi connectivity index (χ1) is 9.31. The highest BCUT2D eigenvalue weighted by Gasteiger charge is 2.11. The summed E-state index contributed by atoms with van der Waals surface area (Å²) in [6.45, 7) is 6.52. The first-order valence-electron chi connectivity index (χ1n) is 7.09. The third kappa shape index (κ3) is 4.32. The van der Waals surface area contributed by atoms with Crippen LogP contribution in [-0.4, -0.2) is 31.2 Å². The van der Waals surface area contributed by atoms with Crippen molar-refractivity contribution in [2.45, 2.75) is 26.2 Å². The standard InChI is InChI=1S/C15H22BrN3/c1-2-3-4-6-13-11-14(12-18-15(13)16)19-9-5-7-17-8-10-19/h4,6,11-12,17H,2-3,5,7-10H2,1H3. The number of nitrogens with zero attached hydrogens (tertiary/aromatic N) is 2. The monoisotopic (exact) mass is 323 g/mol. The van der Waals surface area contributed by atoms with Crippen LogP contribution in [0.3, 0.4) is 0 Å². The summed E-state index contributed by atoms with van der Waals surface area (Å²) in [4.78, 5) is 6.88. The summed E-state index contributed by atoms with van der Waals surface area (Å²) in [5, 5.41) is 3.43. The quantitative estimate of drug-likeness (QED) is 0.860. The summed E-state index contributed by atoms with van der Waals surface area (Å²) in [5.41, 5.74) is 2.39. The second-order valence-electron chi connectivity index (χ2n) is 4.86. The minimum Gasteiger partial charge on any atom is -0.369 e. The van der Waals surface area contributed by atoms with Gasteiger partial charge in [-0.3, -0.25) is 0 Å². The molecule has 19 heavy (non-hydrogen) atoms. The largest absolute Gasteiger partial charge is 0.369 e. The Morgan fingerprint density at radius 1 is 1.42 bits per heavy atom. The third-order valence-electron chi connectivity index (χ3n) is 3.31. The Morgan fingerprint density at radius 3 is 3.16 bits per heavy atom. The van der Waals surface area contributed by atoms with Gasteiger partial charge in [-0.15, -0.1) is 0 Å². The minimum atomic E-state index is 0.927. The van der Waals surface area contributed by atoms with E-state index in [4.69, 9.17) is 0 Å². The number of hydrogen-bond acceptors (Lipinski definition) is 3. The molecule has 1 aliphatic rings. The van der Waals surface area contributed by atoms with Crippen molar-refractivity contribution in [2.24, 2.45) is 0 Å². The summed E-state index contributed by atoms with van der Waals surface area (Å²) in [5.74, 6) is 0. The molecular formula is C15H22BrN3. The molecule has 0 aliphatic carbocycles. The van der Waals surface area contributed by atoms with Gasteiger partial charge in [-0.2, -0.15) is 0 Å². The van der Waals surface area contributed by atoms with Gasteiger partial charge in [-0.1, -0.05) is 25.5 Å². The number of anilines is 1. The summed E-state index contributed by atoms with van der Waals surface area (Å²) in [6.07, 6.45) is 9.84. The summed E-state index contributed by atoms with van der Waals surface area (Å²) in [7, 11) is 0. The topological polar surface area (TPSA) is 28.2 Å². The summed E-state index contributed by atoms with van der Waals surface area (Å²) >= 11 is 3.53. The summed E-state index contributed by atoms with van der Waals surface area (Å²) in [6, 6.07) is 2.23. The molecule has 2 rings (SSSR count). The molecule has 4 heteroatoms. The zero-order chi connectivity index (χ0) is 13.5. The fourth-order valence-corrected chi connectivity index (χ4v) is 2.57. The molecule has 0 bridgehead atoms. The molecule has 0 amide bonds. The van der Waals surface area contributed by atoms with E-state index in [0.29, 0.717) is 0 Å². The molecule has 0 radical (unpaired) electrons. The van der Waals surface area contributed by atoms with Crippen molar-refractivity contribution < 1.29 is 0 Å². The predicted molar refractivity (Wildman–Crippen MR) is 85.6 cm³/mol. The van der Waals surface area contributed by atoms with Crippen LogP contribution >= 0.6 is 15.9 Å². The van der Waals surface area contributed by atoms with Crippen LogP contribution in [0, 0.1) is 0 Å². The van der Waals surface area contributed by atoms with Crippen molar-refractivity contribution in [1.82, 2.24) is 10.3 Å². The van der Waals surface area contributed by atoms with Gasteiger partial charge in [0.2, 0.25) is 0 Å². The lowest BCUT2D eigenvalue weighted by molar-refractivity contribution is 0.724. The van der Waals surface area contributed by atoms with Crippen LogP contribution in [0.1, 0.15) is 31.7 Å². The van der Waals surface area contributed by atoms with Gasteiger partial charge >= 0.3 is 0 Å². The Kier molecular flexibility index (Phi) is 5.86. The van der Waals surface area contributed by atoms with Crippen molar-refractivity contribution in [3.05, 3.63) is 28.5 Å². The Labute approximate surface area is 124 Å². The van der Waals surface area contributed by atoms with Gasteiger partial charge in [-0.05, 0) is 41.4 Å². The van der Waals surface area contributed by atoms with Crippen LogP contribution in [0.5, 0.6) is 0 Å². The van der Waals surface area contributed by atoms with Gasteiger partial charge in [0.15, 0.2) is 0 Å². The molecule has 104 valence electrons. The zero-order valence-electron chi connectivity index (χ0n) is 11.5.